The predicted molar refractivity (Wildman–Crippen MR) is 244 cm³/mol. The fourth-order valence-corrected chi connectivity index (χ4v) is 8.15. The van der Waals surface area contributed by atoms with Crippen LogP contribution in [0.15, 0.2) is 194 Å². The third-order valence-electron chi connectivity index (χ3n) is 11.6. The highest BCUT2D eigenvalue weighted by Gasteiger charge is 2.34. The van der Waals surface area contributed by atoms with Gasteiger partial charge in [0.1, 0.15) is 11.5 Å². The Morgan fingerprint density at radius 2 is 0.967 bits per heavy atom. The van der Waals surface area contributed by atoms with E-state index < -0.39 is 0 Å². The number of aromatic nitrogens is 4. The maximum Gasteiger partial charge on any atom is 0.160 e. The van der Waals surface area contributed by atoms with E-state index in [0.29, 0.717) is 11.6 Å². The van der Waals surface area contributed by atoms with Gasteiger partial charge in [-0.25, -0.2) is 19.9 Å². The minimum Gasteiger partial charge on any atom is -0.457 e. The molecule has 0 saturated carbocycles. The SMILES string of the molecule is C[C@@H]1C=CC=C/C1=C\c1nc(-c2ccc(-c3ccccc3)cc2)cc(-c2ccc(-c3nc(-c4ccccc4)cc(-c4ccc5c(c4)C(C)(C)c4ccccc4O5)n3)cc2)n1. The molecule has 1 aliphatic carbocycles. The van der Waals surface area contributed by atoms with Gasteiger partial charge in [0.25, 0.3) is 0 Å². The molecule has 3 heterocycles. The monoisotopic (exact) mass is 774 g/mol. The molecule has 5 heteroatoms. The molecular weight excluding hydrogens is 733 g/mol. The molecule has 2 aliphatic rings. The standard InChI is InChI=1S/C55H42N4O/c1-36-14-10-11-19-43(36)33-53-56-47(40-24-22-38(23-25-40)37-15-6-4-7-16-37)34-48(57-53)41-26-28-42(29-27-41)54-58-49(39-17-8-5-9-18-39)35-50(59-54)44-30-31-52-46(32-44)55(2,3)45-20-12-13-21-51(45)60-52/h4-36H,1-3H3/b43-33+/t36-/m1/s1. The number of para-hydroxylation sites is 1. The molecular formula is C55H42N4O. The molecule has 2 aromatic heterocycles. The molecule has 60 heavy (non-hydrogen) atoms. The Bertz CT molecular complexity index is 2970. The van der Waals surface area contributed by atoms with Crippen molar-refractivity contribution in [3.8, 4) is 79.0 Å². The molecule has 10 rings (SSSR count). The summed E-state index contributed by atoms with van der Waals surface area (Å²) >= 11 is 0. The summed E-state index contributed by atoms with van der Waals surface area (Å²) in [6, 6.07) is 56.6. The summed E-state index contributed by atoms with van der Waals surface area (Å²) in [5, 5.41) is 0. The van der Waals surface area contributed by atoms with E-state index in [9.17, 15) is 0 Å². The Morgan fingerprint density at radius 1 is 0.467 bits per heavy atom. The third kappa shape index (κ3) is 7.16. The smallest absolute Gasteiger partial charge is 0.160 e. The summed E-state index contributed by atoms with van der Waals surface area (Å²) in [5.41, 5.74) is 13.9. The summed E-state index contributed by atoms with van der Waals surface area (Å²) in [4.78, 5) is 20.5. The van der Waals surface area contributed by atoms with Crippen LogP contribution in [-0.4, -0.2) is 19.9 Å². The summed E-state index contributed by atoms with van der Waals surface area (Å²) in [7, 11) is 0. The van der Waals surface area contributed by atoms with Gasteiger partial charge in [0, 0.05) is 44.4 Å². The fourth-order valence-electron chi connectivity index (χ4n) is 8.15. The predicted octanol–water partition coefficient (Wildman–Crippen LogP) is 13.8. The first-order valence-corrected chi connectivity index (χ1v) is 20.4. The second-order valence-corrected chi connectivity index (χ2v) is 16.0. The van der Waals surface area contributed by atoms with E-state index >= 15 is 0 Å². The van der Waals surface area contributed by atoms with E-state index in [4.69, 9.17) is 24.7 Å². The average molecular weight is 775 g/mol. The summed E-state index contributed by atoms with van der Waals surface area (Å²) in [5.74, 6) is 3.36. The van der Waals surface area contributed by atoms with Crippen LogP contribution in [0.1, 0.15) is 37.7 Å². The third-order valence-corrected chi connectivity index (χ3v) is 11.6. The van der Waals surface area contributed by atoms with Gasteiger partial charge in [-0.05, 0) is 65.1 Å². The Hall–Kier alpha value is -7.50. The summed E-state index contributed by atoms with van der Waals surface area (Å²) in [6.45, 7) is 6.70. The quantitative estimate of drug-likeness (QED) is 0.161. The summed E-state index contributed by atoms with van der Waals surface area (Å²) in [6.07, 6.45) is 10.6. The highest BCUT2D eigenvalue weighted by atomic mass is 16.5. The lowest BCUT2D eigenvalue weighted by molar-refractivity contribution is 0.418. The Kier molecular flexibility index (Phi) is 9.42. The molecule has 0 amide bonds. The topological polar surface area (TPSA) is 60.8 Å². The van der Waals surface area contributed by atoms with Crippen LogP contribution in [0.4, 0.5) is 0 Å². The first-order chi connectivity index (χ1) is 29.4. The zero-order valence-corrected chi connectivity index (χ0v) is 33.7. The first-order valence-electron chi connectivity index (χ1n) is 20.4. The average Bonchev–Trinajstić information content (AvgIpc) is 3.30. The lowest BCUT2D eigenvalue weighted by Gasteiger charge is -2.34. The van der Waals surface area contributed by atoms with Gasteiger partial charge >= 0.3 is 0 Å². The van der Waals surface area contributed by atoms with Gasteiger partial charge in [-0.1, -0.05) is 172 Å². The van der Waals surface area contributed by atoms with Crippen LogP contribution >= 0.6 is 0 Å². The molecule has 5 nitrogen and oxygen atoms in total. The minimum atomic E-state index is -0.251. The van der Waals surface area contributed by atoms with Crippen molar-refractivity contribution >= 4 is 6.08 Å². The zero-order valence-electron chi connectivity index (χ0n) is 33.7. The van der Waals surface area contributed by atoms with Crippen molar-refractivity contribution in [3.05, 3.63) is 211 Å². The zero-order chi connectivity index (χ0) is 40.6. The molecule has 0 spiro atoms. The van der Waals surface area contributed by atoms with Gasteiger partial charge in [-0.2, -0.15) is 0 Å². The van der Waals surface area contributed by atoms with Crippen LogP contribution < -0.4 is 4.74 Å². The van der Waals surface area contributed by atoms with Crippen LogP contribution in [0.2, 0.25) is 0 Å². The highest BCUT2D eigenvalue weighted by Crippen LogP contribution is 2.48. The van der Waals surface area contributed by atoms with E-state index in [0.717, 1.165) is 73.2 Å². The molecule has 1 aliphatic heterocycles. The number of rotatable bonds is 7. The Labute approximate surface area is 351 Å². The van der Waals surface area contributed by atoms with Gasteiger partial charge < -0.3 is 4.74 Å². The molecule has 8 aromatic rings. The molecule has 1 atom stereocenters. The van der Waals surface area contributed by atoms with Crippen molar-refractivity contribution < 1.29 is 4.74 Å². The van der Waals surface area contributed by atoms with Gasteiger partial charge in [0.05, 0.1) is 22.8 Å². The van der Waals surface area contributed by atoms with E-state index in [1.54, 1.807) is 0 Å². The molecule has 0 N–H and O–H groups in total. The highest BCUT2D eigenvalue weighted by molar-refractivity contribution is 5.77. The van der Waals surface area contributed by atoms with Crippen molar-refractivity contribution in [1.82, 2.24) is 19.9 Å². The number of benzene rings is 6. The van der Waals surface area contributed by atoms with Gasteiger partial charge in [-0.3, -0.25) is 0 Å². The maximum atomic E-state index is 6.39. The van der Waals surface area contributed by atoms with Crippen molar-refractivity contribution in [2.45, 2.75) is 26.2 Å². The largest absolute Gasteiger partial charge is 0.457 e. The Balaban J connectivity index is 1.03. The van der Waals surface area contributed by atoms with Crippen LogP contribution in [-0.2, 0) is 5.41 Å². The number of fused-ring (bicyclic) bond motifs is 2. The van der Waals surface area contributed by atoms with E-state index in [1.165, 1.54) is 16.7 Å². The van der Waals surface area contributed by atoms with Crippen molar-refractivity contribution in [2.24, 2.45) is 5.92 Å². The molecule has 0 fully saturated rings. The van der Waals surface area contributed by atoms with E-state index in [1.807, 2.05) is 36.4 Å². The molecule has 0 unspecified atom stereocenters. The molecule has 288 valence electrons. The molecule has 0 bridgehead atoms. The number of hydrogen-bond acceptors (Lipinski definition) is 5. The Morgan fingerprint density at radius 3 is 1.63 bits per heavy atom. The van der Waals surface area contributed by atoms with Crippen LogP contribution in [0.25, 0.3) is 73.6 Å². The normalized spacial score (nSPS) is 15.6. The van der Waals surface area contributed by atoms with Crippen LogP contribution in [0.5, 0.6) is 11.5 Å². The number of ether oxygens (including phenoxy) is 1. The van der Waals surface area contributed by atoms with Crippen LogP contribution in [0, 0.1) is 5.92 Å². The second-order valence-electron chi connectivity index (χ2n) is 16.0. The van der Waals surface area contributed by atoms with Crippen molar-refractivity contribution in [3.63, 3.8) is 0 Å². The second kappa shape index (κ2) is 15.3. The maximum absolute atomic E-state index is 6.39. The minimum absolute atomic E-state index is 0.251. The van der Waals surface area contributed by atoms with Gasteiger partial charge in [0.15, 0.2) is 11.6 Å². The number of allylic oxidation sites excluding steroid dienone is 5. The first kappa shape index (κ1) is 36.8. The fraction of sp³-hybridized carbons (Fsp3) is 0.0909. The van der Waals surface area contributed by atoms with Crippen LogP contribution in [0.3, 0.4) is 0 Å². The number of hydrogen-bond donors (Lipinski definition) is 0. The van der Waals surface area contributed by atoms with Crippen molar-refractivity contribution in [1.29, 1.82) is 0 Å². The molecule has 0 radical (unpaired) electrons. The lowest BCUT2D eigenvalue weighted by atomic mass is 9.75. The molecule has 6 aromatic carbocycles. The lowest BCUT2D eigenvalue weighted by Crippen LogP contribution is -2.24. The molecule has 0 saturated heterocycles. The van der Waals surface area contributed by atoms with E-state index in [2.05, 4.69) is 179 Å². The van der Waals surface area contributed by atoms with Crippen molar-refractivity contribution in [2.75, 3.05) is 0 Å². The van der Waals surface area contributed by atoms with Gasteiger partial charge in [0.2, 0.25) is 0 Å². The van der Waals surface area contributed by atoms with E-state index in [-0.39, 0.29) is 11.3 Å². The van der Waals surface area contributed by atoms with Gasteiger partial charge in [-0.15, -0.1) is 0 Å². The number of nitrogens with zero attached hydrogens (tertiary/aromatic N) is 4. The summed E-state index contributed by atoms with van der Waals surface area (Å²) < 4.78 is 6.39.